The molecule has 0 aliphatic heterocycles. The number of hydrogen-bond acceptors (Lipinski definition) is 7. The highest BCUT2D eigenvalue weighted by molar-refractivity contribution is 6.06. The van der Waals surface area contributed by atoms with E-state index in [4.69, 9.17) is 15.6 Å². The molecular formula is C22H29N7O5. The zero-order valence-corrected chi connectivity index (χ0v) is 19.3. The van der Waals surface area contributed by atoms with Crippen molar-refractivity contribution in [3.8, 4) is 0 Å². The Hall–Kier alpha value is -3.93. The number of hydrazine groups is 1. The van der Waals surface area contributed by atoms with Crippen molar-refractivity contribution < 1.29 is 24.2 Å². The van der Waals surface area contributed by atoms with Gasteiger partial charge < -0.3 is 25.5 Å². The van der Waals surface area contributed by atoms with Gasteiger partial charge in [0.15, 0.2) is 5.82 Å². The van der Waals surface area contributed by atoms with E-state index in [1.807, 2.05) is 55.0 Å². The molecule has 3 amide bonds. The van der Waals surface area contributed by atoms with Gasteiger partial charge in [-0.1, -0.05) is 18.2 Å². The lowest BCUT2D eigenvalue weighted by Crippen LogP contribution is -2.47. The zero-order chi connectivity index (χ0) is 24.9. The monoisotopic (exact) mass is 471 g/mol. The molecule has 0 bridgehead atoms. The summed E-state index contributed by atoms with van der Waals surface area (Å²) in [7, 11) is 0. The summed E-state index contributed by atoms with van der Waals surface area (Å²) in [6, 6.07) is 7.62. The molecule has 34 heavy (non-hydrogen) atoms. The highest BCUT2D eigenvalue weighted by atomic mass is 16.5. The third-order valence-electron chi connectivity index (χ3n) is 5.04. The Morgan fingerprint density at radius 2 is 1.82 bits per heavy atom. The lowest BCUT2D eigenvalue weighted by atomic mass is 10.0. The largest absolute Gasteiger partial charge is 0.464 e. The lowest BCUT2D eigenvalue weighted by molar-refractivity contribution is -0.127. The average molecular weight is 472 g/mol. The minimum atomic E-state index is -1.39. The SMILES string of the molecule is CCOCc1nc2c(N)nc3ccccc3c2n1CC(C)(C)NC(=O)CCC(=O)NNC(=O)O. The van der Waals surface area contributed by atoms with Crippen molar-refractivity contribution in [2.45, 2.75) is 52.3 Å². The Labute approximate surface area is 195 Å². The minimum absolute atomic E-state index is 0.104. The number of nitrogen functional groups attached to an aromatic ring is 1. The van der Waals surface area contributed by atoms with Gasteiger partial charge in [-0.15, -0.1) is 0 Å². The molecule has 0 saturated heterocycles. The Balaban J connectivity index is 1.85. The Morgan fingerprint density at radius 1 is 1.12 bits per heavy atom. The quantitative estimate of drug-likeness (QED) is 0.293. The third kappa shape index (κ3) is 5.90. The van der Waals surface area contributed by atoms with Crippen LogP contribution in [-0.2, 0) is 27.5 Å². The second-order valence-electron chi connectivity index (χ2n) is 8.37. The summed E-state index contributed by atoms with van der Waals surface area (Å²) in [5.41, 5.74) is 11.3. The normalized spacial score (nSPS) is 11.5. The molecule has 0 saturated carbocycles. The second kappa shape index (κ2) is 10.3. The number of nitrogens with one attached hydrogen (secondary N) is 3. The first-order valence-corrected chi connectivity index (χ1v) is 10.8. The van der Waals surface area contributed by atoms with Gasteiger partial charge in [0, 0.05) is 31.4 Å². The molecule has 3 aromatic rings. The number of benzene rings is 1. The van der Waals surface area contributed by atoms with E-state index in [1.54, 1.807) is 5.43 Å². The van der Waals surface area contributed by atoms with Gasteiger partial charge in [0.2, 0.25) is 11.8 Å². The maximum absolute atomic E-state index is 12.5. The van der Waals surface area contributed by atoms with Crippen LogP contribution in [-0.4, -0.2) is 49.7 Å². The van der Waals surface area contributed by atoms with E-state index in [9.17, 15) is 14.4 Å². The Kier molecular flexibility index (Phi) is 7.51. The summed E-state index contributed by atoms with van der Waals surface area (Å²) in [5, 5.41) is 12.3. The number of fused-ring (bicyclic) bond motifs is 3. The van der Waals surface area contributed by atoms with Crippen LogP contribution in [0, 0.1) is 0 Å². The smallest absolute Gasteiger partial charge is 0.423 e. The van der Waals surface area contributed by atoms with E-state index in [0.717, 1.165) is 16.4 Å². The number of nitrogens with two attached hydrogens (primary N) is 1. The van der Waals surface area contributed by atoms with E-state index in [0.29, 0.717) is 30.3 Å². The van der Waals surface area contributed by atoms with E-state index in [-0.39, 0.29) is 25.4 Å². The maximum Gasteiger partial charge on any atom is 0.423 e. The molecular weight excluding hydrogens is 442 g/mol. The number of pyridine rings is 1. The molecule has 2 aromatic heterocycles. The first-order valence-electron chi connectivity index (χ1n) is 10.8. The van der Waals surface area contributed by atoms with Crippen molar-refractivity contribution in [2.24, 2.45) is 0 Å². The lowest BCUT2D eigenvalue weighted by Gasteiger charge is -2.28. The standard InChI is InChI=1S/C22H29N7O5/c1-4-34-11-15-25-18-19(13-7-5-6-8-14(13)24-20(18)23)29(15)12-22(2,3)26-16(30)9-10-17(31)27-28-21(32)33/h5-8,28H,4,9-12H2,1-3H3,(H2,23,24)(H,26,30)(H,27,31)(H,32,33). The van der Waals surface area contributed by atoms with Gasteiger partial charge in [-0.05, 0) is 26.8 Å². The van der Waals surface area contributed by atoms with Crippen molar-refractivity contribution in [1.82, 2.24) is 30.7 Å². The van der Waals surface area contributed by atoms with Gasteiger partial charge in [-0.2, -0.15) is 0 Å². The van der Waals surface area contributed by atoms with Gasteiger partial charge in [-0.25, -0.2) is 20.2 Å². The predicted molar refractivity (Wildman–Crippen MR) is 126 cm³/mol. The van der Waals surface area contributed by atoms with Crippen molar-refractivity contribution in [3.63, 3.8) is 0 Å². The molecule has 0 unspecified atom stereocenters. The number of imidazole rings is 1. The number of rotatable bonds is 9. The number of amides is 3. The molecule has 0 radical (unpaired) electrons. The van der Waals surface area contributed by atoms with E-state index >= 15 is 0 Å². The fourth-order valence-electron chi connectivity index (χ4n) is 3.67. The van der Waals surface area contributed by atoms with Crippen LogP contribution in [0.25, 0.3) is 21.9 Å². The summed E-state index contributed by atoms with van der Waals surface area (Å²) < 4.78 is 7.60. The first-order chi connectivity index (χ1) is 16.1. The second-order valence-corrected chi connectivity index (χ2v) is 8.37. The number of carbonyl (C=O) groups excluding carboxylic acids is 2. The molecule has 0 aliphatic carbocycles. The molecule has 182 valence electrons. The van der Waals surface area contributed by atoms with Crippen LogP contribution in [0.4, 0.5) is 10.6 Å². The fraction of sp³-hybridized carbons (Fsp3) is 0.409. The number of nitrogens with zero attached hydrogens (tertiary/aromatic N) is 3. The van der Waals surface area contributed by atoms with Gasteiger partial charge in [0.1, 0.15) is 17.9 Å². The third-order valence-corrected chi connectivity index (χ3v) is 5.04. The highest BCUT2D eigenvalue weighted by Gasteiger charge is 2.26. The van der Waals surface area contributed by atoms with Crippen LogP contribution in [0.5, 0.6) is 0 Å². The summed E-state index contributed by atoms with van der Waals surface area (Å²) in [5.74, 6) is 0.0119. The maximum atomic E-state index is 12.5. The van der Waals surface area contributed by atoms with Gasteiger partial charge >= 0.3 is 6.09 Å². The molecule has 0 spiro atoms. The van der Waals surface area contributed by atoms with Crippen LogP contribution in [0.3, 0.4) is 0 Å². The van der Waals surface area contributed by atoms with Gasteiger partial charge in [0.25, 0.3) is 0 Å². The van der Waals surface area contributed by atoms with Crippen molar-refractivity contribution in [2.75, 3.05) is 12.3 Å². The molecule has 1 aromatic carbocycles. The summed E-state index contributed by atoms with van der Waals surface area (Å²) >= 11 is 0. The number of carboxylic acid groups (broad SMARTS) is 1. The number of para-hydroxylation sites is 1. The van der Waals surface area contributed by atoms with Crippen LogP contribution in [0.2, 0.25) is 0 Å². The fourth-order valence-corrected chi connectivity index (χ4v) is 3.67. The molecule has 0 atom stereocenters. The van der Waals surface area contributed by atoms with Crippen LogP contribution in [0.1, 0.15) is 39.4 Å². The number of ether oxygens (including phenoxy) is 1. The number of aromatic nitrogens is 3. The summed E-state index contributed by atoms with van der Waals surface area (Å²) in [4.78, 5) is 43.8. The first kappa shape index (κ1) is 24.7. The summed E-state index contributed by atoms with van der Waals surface area (Å²) in [6.07, 6.45) is -1.66. The minimum Gasteiger partial charge on any atom is -0.464 e. The molecule has 6 N–H and O–H groups in total. The zero-order valence-electron chi connectivity index (χ0n) is 19.3. The number of carbonyl (C=O) groups is 3. The van der Waals surface area contributed by atoms with Crippen LogP contribution >= 0.6 is 0 Å². The molecule has 12 heteroatoms. The van der Waals surface area contributed by atoms with Crippen molar-refractivity contribution >= 4 is 45.7 Å². The highest BCUT2D eigenvalue weighted by Crippen LogP contribution is 2.30. The van der Waals surface area contributed by atoms with Gasteiger partial charge in [-0.3, -0.25) is 15.0 Å². The molecule has 3 rings (SSSR count). The van der Waals surface area contributed by atoms with Crippen molar-refractivity contribution in [1.29, 1.82) is 0 Å². The topological polar surface area (TPSA) is 173 Å². The van der Waals surface area contributed by atoms with Crippen molar-refractivity contribution in [3.05, 3.63) is 30.1 Å². The van der Waals surface area contributed by atoms with E-state index in [2.05, 4.69) is 15.3 Å². The predicted octanol–water partition coefficient (Wildman–Crippen LogP) is 1.68. The molecule has 0 aliphatic rings. The molecule has 2 heterocycles. The number of anilines is 1. The average Bonchev–Trinajstić information content (AvgIpc) is 3.12. The van der Waals surface area contributed by atoms with E-state index in [1.165, 1.54) is 0 Å². The summed E-state index contributed by atoms with van der Waals surface area (Å²) in [6.45, 7) is 6.75. The Morgan fingerprint density at radius 3 is 2.53 bits per heavy atom. The number of hydrogen-bond donors (Lipinski definition) is 5. The van der Waals surface area contributed by atoms with E-state index < -0.39 is 17.5 Å². The molecule has 12 nitrogen and oxygen atoms in total. The Bertz CT molecular complexity index is 1220. The van der Waals surface area contributed by atoms with Gasteiger partial charge in [0.05, 0.1) is 16.6 Å². The molecule has 0 fully saturated rings. The van der Waals surface area contributed by atoms with Crippen LogP contribution < -0.4 is 21.9 Å². The van der Waals surface area contributed by atoms with Crippen LogP contribution in [0.15, 0.2) is 24.3 Å².